The number of carbonyl (C=O) groups is 1. The first kappa shape index (κ1) is 17.2. The lowest BCUT2D eigenvalue weighted by Gasteiger charge is -2.47. The van der Waals surface area contributed by atoms with Crippen LogP contribution in [0.1, 0.15) is 12.8 Å². The summed E-state index contributed by atoms with van der Waals surface area (Å²) in [6.45, 7) is 4.91. The fourth-order valence-electron chi connectivity index (χ4n) is 4.08. The van der Waals surface area contributed by atoms with Crippen LogP contribution < -0.4 is 4.90 Å². The summed E-state index contributed by atoms with van der Waals surface area (Å²) in [5.41, 5.74) is 0.797. The Bertz CT molecular complexity index is 584. The van der Waals surface area contributed by atoms with Gasteiger partial charge in [0.15, 0.2) is 0 Å². The lowest BCUT2D eigenvalue weighted by atomic mass is 9.83. The summed E-state index contributed by atoms with van der Waals surface area (Å²) < 4.78 is 0. The largest absolute Gasteiger partial charge is 0.324 e. The number of urea groups is 1. The normalized spacial score (nSPS) is 29.8. The van der Waals surface area contributed by atoms with Crippen molar-refractivity contribution in [2.24, 2.45) is 5.92 Å². The molecule has 4 nitrogen and oxygen atoms in total. The fraction of sp³-hybridized carbons (Fsp3) is 0.562. The standard InChI is InChI=1S/C16H19Cl2N3O.ClH/c17-12-7-13(18)9-14(8-12)20-5-6-21(16(20)22)15-10-19-3-1-11(15)2-4-19;/h7-9,11,15H,1-6,10H2;1H. The van der Waals surface area contributed by atoms with Crippen LogP contribution in [0.25, 0.3) is 0 Å². The van der Waals surface area contributed by atoms with Crippen molar-refractivity contribution in [1.29, 1.82) is 0 Å². The van der Waals surface area contributed by atoms with Gasteiger partial charge in [-0.1, -0.05) is 23.2 Å². The molecule has 126 valence electrons. The van der Waals surface area contributed by atoms with E-state index >= 15 is 0 Å². The van der Waals surface area contributed by atoms with Crippen molar-refractivity contribution in [3.63, 3.8) is 0 Å². The third-order valence-corrected chi connectivity index (χ3v) is 5.66. The lowest BCUT2D eigenvalue weighted by molar-refractivity contribution is 0.0300. The molecule has 1 aromatic rings. The Kier molecular flexibility index (Phi) is 4.98. The van der Waals surface area contributed by atoms with E-state index in [1.807, 2.05) is 12.1 Å². The van der Waals surface area contributed by atoms with E-state index < -0.39 is 0 Å². The highest BCUT2D eigenvalue weighted by molar-refractivity contribution is 6.35. The third-order valence-electron chi connectivity index (χ3n) is 5.22. The fourth-order valence-corrected chi connectivity index (χ4v) is 4.60. The molecule has 4 saturated heterocycles. The second-order valence-corrected chi connectivity index (χ2v) is 7.33. The van der Waals surface area contributed by atoms with Gasteiger partial charge >= 0.3 is 6.03 Å². The SMILES string of the molecule is Cl.O=C1N(c2cc(Cl)cc(Cl)c2)CCN1C1CN2CCC1CC2. The van der Waals surface area contributed by atoms with Gasteiger partial charge in [-0.05, 0) is 50.0 Å². The van der Waals surface area contributed by atoms with Crippen LogP contribution >= 0.6 is 35.6 Å². The Morgan fingerprint density at radius 3 is 2.17 bits per heavy atom. The van der Waals surface area contributed by atoms with Crippen LogP contribution in [0.3, 0.4) is 0 Å². The van der Waals surface area contributed by atoms with Crippen molar-refractivity contribution in [1.82, 2.24) is 9.80 Å². The monoisotopic (exact) mass is 375 g/mol. The molecule has 0 aromatic heterocycles. The molecule has 1 aromatic carbocycles. The van der Waals surface area contributed by atoms with Crippen LogP contribution in [0.2, 0.25) is 10.0 Å². The summed E-state index contributed by atoms with van der Waals surface area (Å²) >= 11 is 12.1. The van der Waals surface area contributed by atoms with E-state index in [4.69, 9.17) is 23.2 Å². The van der Waals surface area contributed by atoms with Crippen molar-refractivity contribution in [3.8, 4) is 0 Å². The number of nitrogens with zero attached hydrogens (tertiary/aromatic N) is 3. The molecule has 2 bridgehead atoms. The van der Waals surface area contributed by atoms with Crippen LogP contribution in [0.4, 0.5) is 10.5 Å². The maximum Gasteiger partial charge on any atom is 0.324 e. The molecule has 4 fully saturated rings. The molecule has 23 heavy (non-hydrogen) atoms. The molecule has 4 aliphatic heterocycles. The van der Waals surface area contributed by atoms with E-state index in [9.17, 15) is 4.79 Å². The first-order valence-electron chi connectivity index (χ1n) is 7.88. The smallest absolute Gasteiger partial charge is 0.318 e. The molecule has 1 atom stereocenters. The highest BCUT2D eigenvalue weighted by Crippen LogP contribution is 2.34. The summed E-state index contributed by atoms with van der Waals surface area (Å²) in [4.78, 5) is 19.2. The quantitative estimate of drug-likeness (QED) is 0.786. The molecule has 4 aliphatic rings. The summed E-state index contributed by atoms with van der Waals surface area (Å²) in [7, 11) is 0. The zero-order valence-corrected chi connectivity index (χ0v) is 15.1. The summed E-state index contributed by atoms with van der Waals surface area (Å²) in [5, 5.41) is 1.13. The molecule has 0 saturated carbocycles. The molecule has 2 amide bonds. The van der Waals surface area contributed by atoms with Crippen LogP contribution in [0.5, 0.6) is 0 Å². The maximum absolute atomic E-state index is 12.9. The second kappa shape index (κ2) is 6.67. The summed E-state index contributed by atoms with van der Waals surface area (Å²) in [6.07, 6.45) is 2.44. The first-order chi connectivity index (χ1) is 10.6. The van der Waals surface area contributed by atoms with Crippen molar-refractivity contribution in [2.45, 2.75) is 18.9 Å². The molecule has 7 heteroatoms. The molecular formula is C16H20Cl3N3O. The average Bonchev–Trinajstić information content (AvgIpc) is 2.89. The van der Waals surface area contributed by atoms with E-state index in [0.717, 1.165) is 18.8 Å². The van der Waals surface area contributed by atoms with Gasteiger partial charge in [-0.25, -0.2) is 4.79 Å². The molecule has 4 heterocycles. The highest BCUT2D eigenvalue weighted by atomic mass is 35.5. The minimum absolute atomic E-state index is 0. The van der Waals surface area contributed by atoms with Crippen molar-refractivity contribution < 1.29 is 4.79 Å². The second-order valence-electron chi connectivity index (χ2n) is 6.46. The van der Waals surface area contributed by atoms with Gasteiger partial charge in [0.05, 0.1) is 0 Å². The van der Waals surface area contributed by atoms with Gasteiger partial charge in [0.25, 0.3) is 0 Å². The summed E-state index contributed by atoms with van der Waals surface area (Å²) in [6, 6.07) is 5.78. The minimum atomic E-state index is 0. The molecule has 0 radical (unpaired) electrons. The number of hydrogen-bond acceptors (Lipinski definition) is 2. The topological polar surface area (TPSA) is 26.8 Å². The molecule has 0 N–H and O–H groups in total. The van der Waals surface area contributed by atoms with Gasteiger partial charge in [0, 0.05) is 41.4 Å². The van der Waals surface area contributed by atoms with E-state index in [1.165, 1.54) is 25.9 Å². The number of halogens is 3. The highest BCUT2D eigenvalue weighted by Gasteiger charge is 2.43. The van der Waals surface area contributed by atoms with Crippen molar-refractivity contribution >= 4 is 47.3 Å². The number of benzene rings is 1. The van der Waals surface area contributed by atoms with Crippen molar-refractivity contribution in [2.75, 3.05) is 37.6 Å². The number of amides is 2. The van der Waals surface area contributed by atoms with Gasteiger partial charge in [-0.2, -0.15) is 0 Å². The number of carbonyl (C=O) groups excluding carboxylic acids is 1. The minimum Gasteiger partial charge on any atom is -0.318 e. The molecule has 1 unspecified atom stereocenters. The van der Waals surface area contributed by atoms with Crippen LogP contribution in [-0.4, -0.2) is 54.6 Å². The van der Waals surface area contributed by atoms with Gasteiger partial charge in [0.2, 0.25) is 0 Å². The van der Waals surface area contributed by atoms with Crippen LogP contribution in [0.15, 0.2) is 18.2 Å². The number of hydrogen-bond donors (Lipinski definition) is 0. The number of piperidine rings is 3. The van der Waals surface area contributed by atoms with Gasteiger partial charge < -0.3 is 9.80 Å². The zero-order valence-electron chi connectivity index (χ0n) is 12.8. The molecular weight excluding hydrogens is 357 g/mol. The van der Waals surface area contributed by atoms with Gasteiger partial charge in [-0.15, -0.1) is 12.4 Å². The van der Waals surface area contributed by atoms with Crippen LogP contribution in [0, 0.1) is 5.92 Å². The number of anilines is 1. The Morgan fingerprint density at radius 2 is 1.61 bits per heavy atom. The van der Waals surface area contributed by atoms with Gasteiger partial charge in [0.1, 0.15) is 0 Å². The van der Waals surface area contributed by atoms with Crippen molar-refractivity contribution in [3.05, 3.63) is 28.2 Å². The van der Waals surface area contributed by atoms with E-state index in [0.29, 0.717) is 28.5 Å². The van der Waals surface area contributed by atoms with E-state index in [2.05, 4.69) is 9.80 Å². The Labute approximate surface area is 152 Å². The molecule has 5 rings (SSSR count). The maximum atomic E-state index is 12.9. The van der Waals surface area contributed by atoms with Gasteiger partial charge in [-0.3, -0.25) is 4.90 Å². The third kappa shape index (κ3) is 3.14. The van der Waals surface area contributed by atoms with E-state index in [-0.39, 0.29) is 18.4 Å². The number of rotatable bonds is 2. The summed E-state index contributed by atoms with van der Waals surface area (Å²) in [5.74, 6) is 0.664. The molecule has 0 aliphatic carbocycles. The van der Waals surface area contributed by atoms with E-state index in [1.54, 1.807) is 11.0 Å². The van der Waals surface area contributed by atoms with Crippen LogP contribution in [-0.2, 0) is 0 Å². The predicted molar refractivity (Wildman–Crippen MR) is 96.1 cm³/mol. The predicted octanol–water partition coefficient (Wildman–Crippen LogP) is 3.75. The Morgan fingerprint density at radius 1 is 0.957 bits per heavy atom. The zero-order chi connectivity index (χ0) is 15.3. The lowest BCUT2D eigenvalue weighted by Crippen LogP contribution is -2.58. The number of fused-ring (bicyclic) bond motifs is 3. The Balaban J connectivity index is 0.00000156. The molecule has 0 spiro atoms. The first-order valence-corrected chi connectivity index (χ1v) is 8.64. The average molecular weight is 377 g/mol. The Hall–Kier alpha value is -0.680.